The van der Waals surface area contributed by atoms with Gasteiger partial charge in [0.2, 0.25) is 0 Å². The first-order valence-electron chi connectivity index (χ1n) is 5.01. The zero-order chi connectivity index (χ0) is 8.81. The summed E-state index contributed by atoms with van der Waals surface area (Å²) in [6.07, 6.45) is 6.81. The van der Waals surface area contributed by atoms with Gasteiger partial charge in [-0.15, -0.1) is 0 Å². The van der Waals surface area contributed by atoms with Crippen molar-refractivity contribution in [2.75, 3.05) is 6.61 Å². The van der Waals surface area contributed by atoms with Crippen LogP contribution in [-0.4, -0.2) is 12.6 Å². The molecule has 0 N–H and O–H groups in total. The topological polar surface area (TPSA) is 26.3 Å². The second-order valence-electron chi connectivity index (χ2n) is 3.50. The maximum atomic E-state index is 11.0. The molecule has 2 nitrogen and oxygen atoms in total. The van der Waals surface area contributed by atoms with Crippen LogP contribution in [-0.2, 0) is 9.53 Å². The number of carbonyl (C=O) groups excluding carboxylic acids is 1. The Bertz CT molecular complexity index is 139. The fraction of sp³-hybridized carbons (Fsp3) is 0.900. The van der Waals surface area contributed by atoms with Gasteiger partial charge in [-0.2, -0.15) is 0 Å². The molecule has 1 aliphatic rings. The van der Waals surface area contributed by atoms with Gasteiger partial charge in [-0.25, -0.2) is 0 Å². The summed E-state index contributed by atoms with van der Waals surface area (Å²) >= 11 is 0. The van der Waals surface area contributed by atoms with Gasteiger partial charge in [0.1, 0.15) is 0 Å². The van der Waals surface area contributed by atoms with Crippen molar-refractivity contribution >= 4 is 5.97 Å². The van der Waals surface area contributed by atoms with Crippen LogP contribution in [0.4, 0.5) is 0 Å². The quantitative estimate of drug-likeness (QED) is 0.452. The second-order valence-corrected chi connectivity index (χ2v) is 3.50. The van der Waals surface area contributed by atoms with E-state index in [-0.39, 0.29) is 11.9 Å². The molecule has 0 saturated heterocycles. The van der Waals surface area contributed by atoms with E-state index >= 15 is 0 Å². The molecule has 1 saturated carbocycles. The monoisotopic (exact) mass is 170 g/mol. The van der Waals surface area contributed by atoms with Crippen LogP contribution in [0.2, 0.25) is 0 Å². The molecule has 0 atom stereocenters. The number of hydrogen-bond acceptors (Lipinski definition) is 2. The molecule has 70 valence electrons. The highest BCUT2D eigenvalue weighted by molar-refractivity contribution is 5.74. The molecule has 0 aromatic heterocycles. The summed E-state index contributed by atoms with van der Waals surface area (Å²) in [5.41, 5.74) is 0. The third-order valence-corrected chi connectivity index (χ3v) is 2.15. The normalized spacial score (nSPS) is 16.1. The Morgan fingerprint density at radius 3 is 2.67 bits per heavy atom. The molecular weight excluding hydrogens is 152 g/mol. The minimum Gasteiger partial charge on any atom is -0.465 e. The van der Waals surface area contributed by atoms with Gasteiger partial charge in [-0.1, -0.05) is 26.2 Å². The van der Waals surface area contributed by atoms with Crippen molar-refractivity contribution in [3.63, 3.8) is 0 Å². The van der Waals surface area contributed by atoms with Crippen molar-refractivity contribution < 1.29 is 9.53 Å². The fourth-order valence-corrected chi connectivity index (χ4v) is 1.14. The van der Waals surface area contributed by atoms with E-state index in [1.54, 1.807) is 0 Å². The maximum Gasteiger partial charge on any atom is 0.308 e. The Morgan fingerprint density at radius 2 is 2.08 bits per heavy atom. The standard InChI is InChI=1S/C10H18O2/c1-2-3-4-5-8-12-10(11)9-6-7-9/h9H,2-8H2,1H3. The van der Waals surface area contributed by atoms with E-state index in [0.29, 0.717) is 6.61 Å². The zero-order valence-corrected chi connectivity index (χ0v) is 7.84. The molecule has 0 aromatic rings. The molecule has 0 aromatic carbocycles. The van der Waals surface area contributed by atoms with Crippen LogP contribution in [0.15, 0.2) is 0 Å². The average Bonchev–Trinajstić information content (AvgIpc) is 2.86. The lowest BCUT2D eigenvalue weighted by atomic mass is 10.2. The molecule has 2 heteroatoms. The Morgan fingerprint density at radius 1 is 1.33 bits per heavy atom. The minimum absolute atomic E-state index is 0.0338. The highest BCUT2D eigenvalue weighted by Crippen LogP contribution is 2.30. The van der Waals surface area contributed by atoms with E-state index in [4.69, 9.17) is 4.74 Å². The minimum atomic E-state index is 0.0338. The molecule has 0 amide bonds. The first-order valence-corrected chi connectivity index (χ1v) is 5.01. The molecule has 0 unspecified atom stereocenters. The summed E-state index contributed by atoms with van der Waals surface area (Å²) in [5.74, 6) is 0.294. The summed E-state index contributed by atoms with van der Waals surface area (Å²) in [6, 6.07) is 0. The Labute approximate surface area is 74.3 Å². The van der Waals surface area contributed by atoms with Crippen LogP contribution >= 0.6 is 0 Å². The van der Waals surface area contributed by atoms with Crippen molar-refractivity contribution in [3.8, 4) is 0 Å². The Balaban J connectivity index is 1.84. The molecule has 1 fully saturated rings. The van der Waals surface area contributed by atoms with Crippen LogP contribution in [0.25, 0.3) is 0 Å². The molecule has 0 bridgehead atoms. The average molecular weight is 170 g/mol. The van der Waals surface area contributed by atoms with Crippen molar-refractivity contribution in [1.29, 1.82) is 0 Å². The van der Waals surface area contributed by atoms with Gasteiger partial charge in [0.15, 0.2) is 0 Å². The largest absolute Gasteiger partial charge is 0.465 e. The maximum absolute atomic E-state index is 11.0. The van der Waals surface area contributed by atoms with E-state index < -0.39 is 0 Å². The van der Waals surface area contributed by atoms with E-state index in [1.165, 1.54) is 19.3 Å². The van der Waals surface area contributed by atoms with E-state index in [9.17, 15) is 4.79 Å². The van der Waals surface area contributed by atoms with Crippen molar-refractivity contribution in [2.24, 2.45) is 5.92 Å². The molecule has 0 spiro atoms. The highest BCUT2D eigenvalue weighted by Gasteiger charge is 2.30. The Hall–Kier alpha value is -0.530. The third-order valence-electron chi connectivity index (χ3n) is 2.15. The van der Waals surface area contributed by atoms with Crippen molar-refractivity contribution in [2.45, 2.75) is 45.4 Å². The number of esters is 1. The number of unbranched alkanes of at least 4 members (excludes halogenated alkanes) is 3. The van der Waals surface area contributed by atoms with Gasteiger partial charge in [-0.05, 0) is 19.3 Å². The number of carbonyl (C=O) groups is 1. The molecule has 0 aliphatic heterocycles. The van der Waals surface area contributed by atoms with Gasteiger partial charge in [0.25, 0.3) is 0 Å². The van der Waals surface area contributed by atoms with Gasteiger partial charge in [0, 0.05) is 0 Å². The van der Waals surface area contributed by atoms with Crippen LogP contribution in [0.3, 0.4) is 0 Å². The smallest absolute Gasteiger partial charge is 0.308 e. The summed E-state index contributed by atoms with van der Waals surface area (Å²) in [7, 11) is 0. The SMILES string of the molecule is CCCCCCOC(=O)C1CC1. The molecule has 0 radical (unpaired) electrons. The summed E-state index contributed by atoms with van der Waals surface area (Å²) in [6.45, 7) is 2.81. The number of hydrogen-bond donors (Lipinski definition) is 0. The summed E-state index contributed by atoms with van der Waals surface area (Å²) < 4.78 is 5.07. The van der Waals surface area contributed by atoms with E-state index in [0.717, 1.165) is 19.3 Å². The number of rotatable bonds is 6. The van der Waals surface area contributed by atoms with Crippen molar-refractivity contribution in [3.05, 3.63) is 0 Å². The Kier molecular flexibility index (Phi) is 4.12. The number of ether oxygens (including phenoxy) is 1. The first-order chi connectivity index (χ1) is 5.84. The van der Waals surface area contributed by atoms with E-state index in [1.807, 2.05) is 0 Å². The van der Waals surface area contributed by atoms with Crippen LogP contribution in [0.5, 0.6) is 0 Å². The van der Waals surface area contributed by atoms with Crippen LogP contribution in [0, 0.1) is 5.92 Å². The molecule has 0 heterocycles. The molecular formula is C10H18O2. The lowest BCUT2D eigenvalue weighted by molar-refractivity contribution is -0.145. The fourth-order valence-electron chi connectivity index (χ4n) is 1.14. The molecule has 12 heavy (non-hydrogen) atoms. The summed E-state index contributed by atoms with van der Waals surface area (Å²) in [4.78, 5) is 11.0. The molecule has 1 aliphatic carbocycles. The van der Waals surface area contributed by atoms with Crippen molar-refractivity contribution in [1.82, 2.24) is 0 Å². The second kappa shape index (κ2) is 5.18. The predicted octanol–water partition coefficient (Wildman–Crippen LogP) is 2.52. The lowest BCUT2D eigenvalue weighted by Gasteiger charge is -2.02. The van der Waals surface area contributed by atoms with Gasteiger partial charge >= 0.3 is 5.97 Å². The zero-order valence-electron chi connectivity index (χ0n) is 7.84. The first kappa shape index (κ1) is 9.56. The van der Waals surface area contributed by atoms with Gasteiger partial charge in [0.05, 0.1) is 12.5 Å². The highest BCUT2D eigenvalue weighted by atomic mass is 16.5. The predicted molar refractivity (Wildman–Crippen MR) is 47.8 cm³/mol. The van der Waals surface area contributed by atoms with Gasteiger partial charge < -0.3 is 4.74 Å². The van der Waals surface area contributed by atoms with Gasteiger partial charge in [-0.3, -0.25) is 4.79 Å². The van der Waals surface area contributed by atoms with Crippen LogP contribution in [0.1, 0.15) is 45.4 Å². The summed E-state index contributed by atoms with van der Waals surface area (Å²) in [5, 5.41) is 0. The van der Waals surface area contributed by atoms with Crippen LogP contribution < -0.4 is 0 Å². The third kappa shape index (κ3) is 3.74. The lowest BCUT2D eigenvalue weighted by Crippen LogP contribution is -2.07. The van der Waals surface area contributed by atoms with E-state index in [2.05, 4.69) is 6.92 Å². The molecule has 1 rings (SSSR count).